The smallest absolute Gasteiger partial charge is 0.282 e. The minimum absolute atomic E-state index is 0.164. The van der Waals surface area contributed by atoms with Crippen LogP contribution < -0.4 is 15.6 Å². The number of nitrogens with zero attached hydrogens (tertiary/aromatic N) is 1. The molecule has 0 aliphatic carbocycles. The highest BCUT2D eigenvalue weighted by molar-refractivity contribution is 6.02. The summed E-state index contributed by atoms with van der Waals surface area (Å²) in [7, 11) is 1.53. The first-order chi connectivity index (χ1) is 12.5. The number of ether oxygens (including phenoxy) is 2. The lowest BCUT2D eigenvalue weighted by Crippen LogP contribution is -2.42. The number of carbonyl (C=O) groups is 2. The van der Waals surface area contributed by atoms with Gasteiger partial charge in [0.1, 0.15) is 17.9 Å². The Hall–Kier alpha value is -3.46. The highest BCUT2D eigenvalue weighted by atomic mass is 16.6. The molecule has 2 N–H and O–H groups in total. The lowest BCUT2D eigenvalue weighted by atomic mass is 10.1. The first-order valence-corrected chi connectivity index (χ1v) is 7.59. The predicted molar refractivity (Wildman–Crippen MR) is 91.8 cm³/mol. The Balaban J connectivity index is 2.05. The Kier molecular flexibility index (Phi) is 6.63. The fourth-order valence-electron chi connectivity index (χ4n) is 2.09. The van der Waals surface area contributed by atoms with Gasteiger partial charge in [-0.1, -0.05) is 24.3 Å². The molecule has 0 radical (unpaired) electrons. The van der Waals surface area contributed by atoms with E-state index in [-0.39, 0.29) is 23.4 Å². The largest absolute Gasteiger partial charge is 0.490 e. The third-order valence-electron chi connectivity index (χ3n) is 3.31. The molecule has 26 heavy (non-hydrogen) atoms. The summed E-state index contributed by atoms with van der Waals surface area (Å²) in [6.45, 7) is 0.605. The van der Waals surface area contributed by atoms with Gasteiger partial charge in [0.15, 0.2) is 0 Å². The number of para-hydroxylation sites is 2. The van der Waals surface area contributed by atoms with Gasteiger partial charge in [-0.3, -0.25) is 30.6 Å². The maximum Gasteiger partial charge on any atom is 0.282 e. The first-order valence-electron chi connectivity index (χ1n) is 7.59. The molecule has 136 valence electrons. The van der Waals surface area contributed by atoms with Gasteiger partial charge in [-0.25, -0.2) is 0 Å². The van der Waals surface area contributed by atoms with Crippen molar-refractivity contribution in [3.05, 3.63) is 69.8 Å². The topological polar surface area (TPSA) is 120 Å². The van der Waals surface area contributed by atoms with E-state index >= 15 is 0 Å². The molecule has 2 aromatic rings. The quantitative estimate of drug-likeness (QED) is 0.441. The van der Waals surface area contributed by atoms with Gasteiger partial charge in [0, 0.05) is 13.2 Å². The summed E-state index contributed by atoms with van der Waals surface area (Å²) in [6, 6.07) is 11.9. The molecule has 0 heterocycles. The number of hydrazine groups is 1. The van der Waals surface area contributed by atoms with Crippen LogP contribution in [-0.4, -0.2) is 37.1 Å². The molecule has 0 saturated heterocycles. The van der Waals surface area contributed by atoms with Gasteiger partial charge in [0.2, 0.25) is 0 Å². The Morgan fingerprint density at radius 3 is 2.19 bits per heavy atom. The van der Waals surface area contributed by atoms with E-state index in [1.807, 2.05) is 0 Å². The number of carbonyl (C=O) groups excluding carboxylic acids is 2. The maximum atomic E-state index is 12.3. The minimum atomic E-state index is -0.802. The number of nitrogens with one attached hydrogen (secondary N) is 2. The molecular formula is C17H17N3O6. The summed E-state index contributed by atoms with van der Waals surface area (Å²) in [4.78, 5) is 34.7. The van der Waals surface area contributed by atoms with Crippen LogP contribution in [0.25, 0.3) is 0 Å². The normalized spacial score (nSPS) is 10.0. The lowest BCUT2D eigenvalue weighted by Gasteiger charge is -2.12. The fourth-order valence-corrected chi connectivity index (χ4v) is 2.09. The Morgan fingerprint density at radius 1 is 0.962 bits per heavy atom. The molecule has 0 aliphatic rings. The second kappa shape index (κ2) is 9.14. The molecule has 0 fully saturated rings. The molecule has 0 unspecified atom stereocenters. The molecule has 0 saturated carbocycles. The second-order valence-electron chi connectivity index (χ2n) is 5.02. The summed E-state index contributed by atoms with van der Waals surface area (Å²) >= 11 is 0. The van der Waals surface area contributed by atoms with Gasteiger partial charge < -0.3 is 9.47 Å². The van der Waals surface area contributed by atoms with Crippen molar-refractivity contribution >= 4 is 17.5 Å². The standard InChI is InChI=1S/C17H17N3O6/c1-25-10-11-26-15-9-5-3-7-13(15)17(22)19-18-16(21)12-6-2-4-8-14(12)20(23)24/h2-9H,10-11H2,1H3,(H,18,21)(H,19,22). The predicted octanol–water partition coefficient (Wildman–Crippen LogP) is 1.69. The molecular weight excluding hydrogens is 342 g/mol. The van der Waals surface area contributed by atoms with Crippen molar-refractivity contribution in [3.63, 3.8) is 0 Å². The van der Waals surface area contributed by atoms with Gasteiger partial charge in [0.25, 0.3) is 17.5 Å². The summed E-state index contributed by atoms with van der Waals surface area (Å²) in [5, 5.41) is 11.0. The number of nitro benzene ring substituents is 1. The van der Waals surface area contributed by atoms with Crippen LogP contribution in [0.4, 0.5) is 5.69 Å². The zero-order valence-corrected chi connectivity index (χ0v) is 13.9. The number of benzene rings is 2. The molecule has 0 aromatic heterocycles. The minimum Gasteiger partial charge on any atom is -0.490 e. The van der Waals surface area contributed by atoms with Gasteiger partial charge in [0.05, 0.1) is 17.1 Å². The van der Waals surface area contributed by atoms with Crippen molar-refractivity contribution in [1.82, 2.24) is 10.9 Å². The fraction of sp³-hybridized carbons (Fsp3) is 0.176. The molecule has 9 heteroatoms. The maximum absolute atomic E-state index is 12.3. The van der Waals surface area contributed by atoms with Gasteiger partial charge in [-0.05, 0) is 18.2 Å². The number of amides is 2. The van der Waals surface area contributed by atoms with Crippen molar-refractivity contribution < 1.29 is 24.0 Å². The Morgan fingerprint density at radius 2 is 1.54 bits per heavy atom. The highest BCUT2D eigenvalue weighted by Crippen LogP contribution is 2.18. The van der Waals surface area contributed by atoms with Crippen LogP contribution in [0.1, 0.15) is 20.7 Å². The van der Waals surface area contributed by atoms with E-state index in [0.717, 1.165) is 0 Å². The second-order valence-corrected chi connectivity index (χ2v) is 5.02. The molecule has 2 rings (SSSR count). The molecule has 0 spiro atoms. The summed E-state index contributed by atoms with van der Waals surface area (Å²) in [6.07, 6.45) is 0. The molecule has 9 nitrogen and oxygen atoms in total. The third-order valence-corrected chi connectivity index (χ3v) is 3.31. The van der Waals surface area contributed by atoms with E-state index in [4.69, 9.17) is 9.47 Å². The number of rotatable bonds is 7. The zero-order chi connectivity index (χ0) is 18.9. The average Bonchev–Trinajstić information content (AvgIpc) is 2.66. The van der Waals surface area contributed by atoms with Gasteiger partial charge in [-0.2, -0.15) is 0 Å². The molecule has 2 aromatic carbocycles. The van der Waals surface area contributed by atoms with Crippen LogP contribution in [-0.2, 0) is 4.74 Å². The SMILES string of the molecule is COCCOc1ccccc1C(=O)NNC(=O)c1ccccc1[N+](=O)[O-]. The van der Waals surface area contributed by atoms with Gasteiger partial charge >= 0.3 is 0 Å². The highest BCUT2D eigenvalue weighted by Gasteiger charge is 2.20. The molecule has 0 bridgehead atoms. The van der Waals surface area contributed by atoms with E-state index in [9.17, 15) is 19.7 Å². The van der Waals surface area contributed by atoms with Crippen LogP contribution in [0.3, 0.4) is 0 Å². The van der Waals surface area contributed by atoms with Crippen molar-refractivity contribution in [2.24, 2.45) is 0 Å². The van der Waals surface area contributed by atoms with Crippen LogP contribution in [0.15, 0.2) is 48.5 Å². The van der Waals surface area contributed by atoms with Crippen LogP contribution >= 0.6 is 0 Å². The molecule has 0 aliphatic heterocycles. The van der Waals surface area contributed by atoms with E-state index in [2.05, 4.69) is 10.9 Å². The molecule has 2 amide bonds. The zero-order valence-electron chi connectivity index (χ0n) is 13.9. The number of hydrogen-bond donors (Lipinski definition) is 2. The van der Waals surface area contributed by atoms with Crippen molar-refractivity contribution in [2.75, 3.05) is 20.3 Å². The summed E-state index contributed by atoms with van der Waals surface area (Å²) in [5.74, 6) is -1.10. The summed E-state index contributed by atoms with van der Waals surface area (Å²) < 4.78 is 10.3. The van der Waals surface area contributed by atoms with Crippen molar-refractivity contribution in [1.29, 1.82) is 0 Å². The van der Waals surface area contributed by atoms with E-state index in [1.54, 1.807) is 18.2 Å². The van der Waals surface area contributed by atoms with E-state index < -0.39 is 16.7 Å². The van der Waals surface area contributed by atoms with Crippen LogP contribution in [0, 0.1) is 10.1 Å². The first kappa shape index (κ1) is 18.9. The Labute approximate surface area is 149 Å². The number of nitro groups is 1. The monoisotopic (exact) mass is 359 g/mol. The average molecular weight is 359 g/mol. The molecule has 0 atom stereocenters. The van der Waals surface area contributed by atoms with Crippen molar-refractivity contribution in [2.45, 2.75) is 0 Å². The van der Waals surface area contributed by atoms with Crippen LogP contribution in [0.5, 0.6) is 5.75 Å². The van der Waals surface area contributed by atoms with Crippen molar-refractivity contribution in [3.8, 4) is 5.75 Å². The lowest BCUT2D eigenvalue weighted by molar-refractivity contribution is -0.385. The van der Waals surface area contributed by atoms with Gasteiger partial charge in [-0.15, -0.1) is 0 Å². The number of hydrogen-bond acceptors (Lipinski definition) is 6. The van der Waals surface area contributed by atoms with Crippen LogP contribution in [0.2, 0.25) is 0 Å². The Bertz CT molecular complexity index is 809. The van der Waals surface area contributed by atoms with E-state index in [0.29, 0.717) is 12.4 Å². The number of methoxy groups -OCH3 is 1. The third kappa shape index (κ3) is 4.77. The van der Waals surface area contributed by atoms with E-state index in [1.165, 1.54) is 37.4 Å². The summed E-state index contributed by atoms with van der Waals surface area (Å²) in [5.41, 5.74) is 4.06.